The van der Waals surface area contributed by atoms with Crippen LogP contribution < -0.4 is 5.73 Å². The van der Waals surface area contributed by atoms with Crippen molar-refractivity contribution in [3.63, 3.8) is 0 Å². The normalized spacial score (nSPS) is 31.6. The smallest absolute Gasteiger partial charge is 0.352 e. The van der Waals surface area contributed by atoms with Crippen LogP contribution in [0.15, 0.2) is 23.4 Å². The molecule has 0 aromatic carbocycles. The Morgan fingerprint density at radius 2 is 2.22 bits per heavy atom. The Kier molecular flexibility index (Phi) is 2.71. The Balaban J connectivity index is 1.92. The molecular formula is C12H14N2O3S. The molecule has 2 aliphatic heterocycles. The summed E-state index contributed by atoms with van der Waals surface area (Å²) in [7, 11) is 0. The molecule has 2 atom stereocenters. The molecule has 1 saturated carbocycles. The van der Waals surface area contributed by atoms with Gasteiger partial charge in [-0.05, 0) is 24.3 Å². The highest BCUT2D eigenvalue weighted by molar-refractivity contribution is 8.00. The highest BCUT2D eigenvalue weighted by Crippen LogP contribution is 2.40. The molecule has 0 spiro atoms. The lowest BCUT2D eigenvalue weighted by Gasteiger charge is -2.47. The van der Waals surface area contributed by atoms with Crippen molar-refractivity contribution in [2.45, 2.75) is 24.3 Å². The first-order valence-corrected chi connectivity index (χ1v) is 6.99. The van der Waals surface area contributed by atoms with Crippen molar-refractivity contribution in [3.8, 4) is 0 Å². The minimum absolute atomic E-state index is 0.113. The number of nitrogens with zero attached hydrogens (tertiary/aromatic N) is 1. The number of aliphatic carboxylic acids is 1. The third kappa shape index (κ3) is 1.76. The van der Waals surface area contributed by atoms with E-state index in [1.165, 1.54) is 29.5 Å². The van der Waals surface area contributed by atoms with E-state index in [0.29, 0.717) is 11.7 Å². The Hall–Kier alpha value is -1.27. The molecule has 5 nitrogen and oxygen atoms in total. The minimum Gasteiger partial charge on any atom is -0.477 e. The molecule has 0 bridgehead atoms. The average Bonchev–Trinajstić information content (AvgIpc) is 3.17. The van der Waals surface area contributed by atoms with E-state index in [1.807, 2.05) is 12.2 Å². The second-order valence-corrected chi connectivity index (χ2v) is 5.92. The van der Waals surface area contributed by atoms with Crippen molar-refractivity contribution in [3.05, 3.63) is 23.4 Å². The zero-order valence-electron chi connectivity index (χ0n) is 9.70. The summed E-state index contributed by atoms with van der Waals surface area (Å²) in [5.74, 6) is -0.143. The molecule has 3 aliphatic rings. The van der Waals surface area contributed by atoms with Crippen molar-refractivity contribution in [2.75, 3.05) is 5.75 Å². The van der Waals surface area contributed by atoms with Crippen molar-refractivity contribution in [2.24, 2.45) is 11.7 Å². The maximum absolute atomic E-state index is 11.7. The van der Waals surface area contributed by atoms with Crippen molar-refractivity contribution < 1.29 is 14.7 Å². The van der Waals surface area contributed by atoms with Crippen LogP contribution >= 0.6 is 11.8 Å². The van der Waals surface area contributed by atoms with E-state index in [0.717, 1.165) is 5.57 Å². The molecule has 0 radical (unpaired) electrons. The van der Waals surface area contributed by atoms with E-state index >= 15 is 0 Å². The van der Waals surface area contributed by atoms with Crippen molar-refractivity contribution >= 4 is 23.6 Å². The molecule has 6 heteroatoms. The number of allylic oxidation sites excluding steroid dienone is 2. The summed E-state index contributed by atoms with van der Waals surface area (Å²) < 4.78 is 0. The highest BCUT2D eigenvalue weighted by Gasteiger charge is 2.51. The summed E-state index contributed by atoms with van der Waals surface area (Å²) in [5, 5.41) is 9.07. The highest BCUT2D eigenvalue weighted by atomic mass is 32.2. The zero-order chi connectivity index (χ0) is 12.9. The number of carbonyl (C=O) groups excluding carboxylic acids is 1. The van der Waals surface area contributed by atoms with Gasteiger partial charge in [-0.1, -0.05) is 12.2 Å². The molecule has 2 unspecified atom stereocenters. The van der Waals surface area contributed by atoms with Gasteiger partial charge in [0, 0.05) is 5.75 Å². The van der Waals surface area contributed by atoms with Crippen LogP contribution in [0.5, 0.6) is 0 Å². The summed E-state index contributed by atoms with van der Waals surface area (Å²) in [6.45, 7) is 0. The number of nitrogens with two attached hydrogens (primary N) is 1. The van der Waals surface area contributed by atoms with Crippen LogP contribution in [0, 0.1) is 5.92 Å². The van der Waals surface area contributed by atoms with Crippen LogP contribution in [0.3, 0.4) is 0 Å². The van der Waals surface area contributed by atoms with E-state index in [-0.39, 0.29) is 17.0 Å². The molecule has 0 aromatic heterocycles. The predicted molar refractivity (Wildman–Crippen MR) is 67.6 cm³/mol. The minimum atomic E-state index is -1.05. The molecule has 1 saturated heterocycles. The fourth-order valence-electron chi connectivity index (χ4n) is 2.21. The van der Waals surface area contributed by atoms with Gasteiger partial charge in [0.25, 0.3) is 0 Å². The third-order valence-electron chi connectivity index (χ3n) is 3.43. The quantitative estimate of drug-likeness (QED) is 0.728. The summed E-state index contributed by atoms with van der Waals surface area (Å²) in [5.41, 5.74) is 6.50. The molecule has 3 rings (SSSR count). The summed E-state index contributed by atoms with van der Waals surface area (Å²) in [6.07, 6.45) is 6.26. The van der Waals surface area contributed by atoms with Gasteiger partial charge in [0.2, 0.25) is 5.91 Å². The van der Waals surface area contributed by atoms with Crippen LogP contribution in [0.2, 0.25) is 0 Å². The monoisotopic (exact) mass is 266 g/mol. The molecule has 0 aromatic rings. The maximum atomic E-state index is 11.7. The second kappa shape index (κ2) is 4.13. The van der Waals surface area contributed by atoms with Gasteiger partial charge >= 0.3 is 5.97 Å². The number of thioether (sulfide) groups is 1. The largest absolute Gasteiger partial charge is 0.477 e. The molecule has 1 amide bonds. The van der Waals surface area contributed by atoms with Crippen LogP contribution in [-0.4, -0.2) is 39.1 Å². The van der Waals surface area contributed by atoms with Crippen LogP contribution in [0.1, 0.15) is 12.8 Å². The molecule has 3 N–H and O–H groups in total. The Morgan fingerprint density at radius 3 is 2.83 bits per heavy atom. The van der Waals surface area contributed by atoms with Crippen molar-refractivity contribution in [1.29, 1.82) is 0 Å². The molecule has 1 aliphatic carbocycles. The van der Waals surface area contributed by atoms with Crippen molar-refractivity contribution in [1.82, 2.24) is 4.90 Å². The average molecular weight is 266 g/mol. The Labute approximate surface area is 109 Å². The van der Waals surface area contributed by atoms with Crippen LogP contribution in [0.25, 0.3) is 0 Å². The first kappa shape index (κ1) is 11.8. The Bertz CT molecular complexity index is 482. The number of hydrogen-bond donors (Lipinski definition) is 2. The van der Waals surface area contributed by atoms with Gasteiger partial charge in [-0.15, -0.1) is 11.8 Å². The van der Waals surface area contributed by atoms with Gasteiger partial charge in [0.05, 0.1) is 0 Å². The zero-order valence-corrected chi connectivity index (χ0v) is 10.5. The van der Waals surface area contributed by atoms with E-state index in [4.69, 9.17) is 5.73 Å². The fraction of sp³-hybridized carbons (Fsp3) is 0.500. The molecule has 2 heterocycles. The molecule has 2 fully saturated rings. The number of amides is 1. The summed E-state index contributed by atoms with van der Waals surface area (Å²) in [4.78, 5) is 24.3. The van der Waals surface area contributed by atoms with Gasteiger partial charge in [0.1, 0.15) is 17.1 Å². The molecular weight excluding hydrogens is 252 g/mol. The lowest BCUT2D eigenvalue weighted by Crippen LogP contribution is -2.68. The number of fused-ring (bicyclic) bond motifs is 1. The second-order valence-electron chi connectivity index (χ2n) is 4.81. The summed E-state index contributed by atoms with van der Waals surface area (Å²) >= 11 is 1.53. The number of carbonyl (C=O) groups is 2. The third-order valence-corrected chi connectivity index (χ3v) is 4.76. The standard InChI is InChI=1S/C12H14N2O3S/c13-8-10(15)14-9(12(16)17)7(5-18-11(8)14)4-3-6-1-2-6/h3-4,6,8,11H,1-2,5,13H2,(H,16,17)/b4-3-. The first-order valence-electron chi connectivity index (χ1n) is 5.94. The van der Waals surface area contributed by atoms with Crippen LogP contribution in [-0.2, 0) is 9.59 Å². The lowest BCUT2D eigenvalue weighted by molar-refractivity contribution is -0.147. The van der Waals surface area contributed by atoms with E-state index < -0.39 is 12.0 Å². The van der Waals surface area contributed by atoms with E-state index in [1.54, 1.807) is 0 Å². The number of carboxylic acids is 1. The maximum Gasteiger partial charge on any atom is 0.352 e. The van der Waals surface area contributed by atoms with E-state index in [2.05, 4.69) is 0 Å². The van der Waals surface area contributed by atoms with Gasteiger partial charge in [-0.25, -0.2) is 4.79 Å². The van der Waals surface area contributed by atoms with E-state index in [9.17, 15) is 14.7 Å². The first-order chi connectivity index (χ1) is 8.59. The number of β-lactam (4-membered cyclic amide) rings is 1. The summed E-state index contributed by atoms with van der Waals surface area (Å²) in [6, 6.07) is -0.557. The molecule has 18 heavy (non-hydrogen) atoms. The Morgan fingerprint density at radius 1 is 1.50 bits per heavy atom. The van der Waals surface area contributed by atoms with Crippen LogP contribution in [0.4, 0.5) is 0 Å². The predicted octanol–water partition coefficient (Wildman–Crippen LogP) is 0.534. The molecule has 96 valence electrons. The number of carboxylic acid groups (broad SMARTS) is 1. The van der Waals surface area contributed by atoms with Gasteiger partial charge in [-0.3, -0.25) is 9.69 Å². The SMILES string of the molecule is NC1C(=O)N2C(C(=O)O)=C(/C=C\C3CC3)CSC12. The number of hydrogen-bond acceptors (Lipinski definition) is 4. The topological polar surface area (TPSA) is 83.6 Å². The van der Waals surface area contributed by atoms with Gasteiger partial charge < -0.3 is 10.8 Å². The van der Waals surface area contributed by atoms with Gasteiger partial charge in [-0.2, -0.15) is 0 Å². The fourth-order valence-corrected chi connectivity index (χ4v) is 3.47. The number of rotatable bonds is 3. The lowest BCUT2D eigenvalue weighted by atomic mass is 10.0. The van der Waals surface area contributed by atoms with Gasteiger partial charge in [0.15, 0.2) is 0 Å².